The highest BCUT2D eigenvalue weighted by atomic mass is 35.5. The zero-order valence-corrected chi connectivity index (χ0v) is 14.6. The molecule has 0 radical (unpaired) electrons. The largest absolute Gasteiger partial charge is 0.394 e. The molecule has 0 aliphatic carbocycles. The van der Waals surface area contributed by atoms with Crippen LogP contribution in [-0.4, -0.2) is 9.72 Å². The van der Waals surface area contributed by atoms with Crippen molar-refractivity contribution in [3.8, 4) is 11.1 Å². The first-order valence-electron chi connectivity index (χ1n) is 7.24. The van der Waals surface area contributed by atoms with Gasteiger partial charge in [0, 0.05) is 17.3 Å². The Morgan fingerprint density at radius 2 is 1.96 bits per heavy atom. The van der Waals surface area contributed by atoms with Crippen molar-refractivity contribution >= 4 is 28.9 Å². The van der Waals surface area contributed by atoms with Gasteiger partial charge in [0.2, 0.25) is 0 Å². The molecule has 0 aliphatic heterocycles. The molecule has 0 fully saturated rings. The molecule has 0 saturated heterocycles. The molecule has 0 saturated carbocycles. The number of halogens is 2. The van der Waals surface area contributed by atoms with Gasteiger partial charge in [-0.2, -0.15) is 0 Å². The molecule has 5 nitrogen and oxygen atoms in total. The van der Waals surface area contributed by atoms with Gasteiger partial charge in [0.1, 0.15) is 5.76 Å². The summed E-state index contributed by atoms with van der Waals surface area (Å²) >= 11 is 12.0. The van der Waals surface area contributed by atoms with Crippen LogP contribution in [0.15, 0.2) is 39.8 Å². The van der Waals surface area contributed by atoms with Crippen molar-refractivity contribution in [1.29, 1.82) is 0 Å². The van der Waals surface area contributed by atoms with Crippen LogP contribution in [0, 0.1) is 13.8 Å². The molecule has 3 aromatic rings. The van der Waals surface area contributed by atoms with E-state index in [0.717, 1.165) is 22.4 Å². The minimum absolute atomic E-state index is 0.160. The number of nitrogens with zero attached hydrogens (tertiary/aromatic N) is 2. The number of aromatic nitrogens is 2. The molecule has 0 aliphatic rings. The average molecular weight is 364 g/mol. The van der Waals surface area contributed by atoms with Crippen LogP contribution in [0.5, 0.6) is 0 Å². The maximum Gasteiger partial charge on any atom is 0.274 e. The van der Waals surface area contributed by atoms with Crippen molar-refractivity contribution in [3.05, 3.63) is 67.9 Å². The van der Waals surface area contributed by atoms with E-state index in [1.165, 1.54) is 4.57 Å². The SMILES string of the molecule is Cc1noc(C)c1-c1cc(N)c(=O)n(Cc2ccc(Cl)c(Cl)c2)c1. The lowest BCUT2D eigenvalue weighted by atomic mass is 10.1. The van der Waals surface area contributed by atoms with Crippen molar-refractivity contribution < 1.29 is 4.52 Å². The van der Waals surface area contributed by atoms with Crippen molar-refractivity contribution in [2.45, 2.75) is 20.4 Å². The number of nitrogen functional groups attached to an aromatic ring is 1. The topological polar surface area (TPSA) is 74.1 Å². The van der Waals surface area contributed by atoms with Crippen LogP contribution in [0.4, 0.5) is 5.69 Å². The van der Waals surface area contributed by atoms with Gasteiger partial charge in [-0.15, -0.1) is 0 Å². The average Bonchev–Trinajstić information content (AvgIpc) is 2.86. The van der Waals surface area contributed by atoms with Gasteiger partial charge in [-0.3, -0.25) is 4.79 Å². The van der Waals surface area contributed by atoms with Gasteiger partial charge in [-0.25, -0.2) is 0 Å². The smallest absolute Gasteiger partial charge is 0.274 e. The van der Waals surface area contributed by atoms with Crippen LogP contribution in [0.2, 0.25) is 10.0 Å². The van der Waals surface area contributed by atoms with E-state index in [4.69, 9.17) is 33.5 Å². The molecule has 7 heteroatoms. The third-order valence-corrected chi connectivity index (χ3v) is 4.51. The van der Waals surface area contributed by atoms with E-state index in [9.17, 15) is 4.79 Å². The minimum Gasteiger partial charge on any atom is -0.394 e. The fourth-order valence-electron chi connectivity index (χ4n) is 2.64. The van der Waals surface area contributed by atoms with Crippen molar-refractivity contribution in [1.82, 2.24) is 9.72 Å². The highest BCUT2D eigenvalue weighted by Gasteiger charge is 2.14. The van der Waals surface area contributed by atoms with E-state index in [1.807, 2.05) is 19.9 Å². The van der Waals surface area contributed by atoms with E-state index in [-0.39, 0.29) is 11.2 Å². The molecule has 2 heterocycles. The highest BCUT2D eigenvalue weighted by molar-refractivity contribution is 6.42. The molecular formula is C17H15Cl2N3O2. The van der Waals surface area contributed by atoms with Gasteiger partial charge in [0.15, 0.2) is 0 Å². The van der Waals surface area contributed by atoms with Crippen LogP contribution >= 0.6 is 23.2 Å². The highest BCUT2D eigenvalue weighted by Crippen LogP contribution is 2.27. The van der Waals surface area contributed by atoms with E-state index < -0.39 is 0 Å². The molecule has 1 aromatic carbocycles. The molecule has 2 N–H and O–H groups in total. The summed E-state index contributed by atoms with van der Waals surface area (Å²) in [6, 6.07) is 6.89. The number of hydrogen-bond acceptors (Lipinski definition) is 4. The van der Waals surface area contributed by atoms with Gasteiger partial charge >= 0.3 is 0 Å². The van der Waals surface area contributed by atoms with Gasteiger partial charge < -0.3 is 14.8 Å². The quantitative estimate of drug-likeness (QED) is 0.761. The lowest BCUT2D eigenvalue weighted by molar-refractivity contribution is 0.393. The van der Waals surface area contributed by atoms with Gasteiger partial charge in [-0.05, 0) is 37.6 Å². The normalized spacial score (nSPS) is 11.0. The van der Waals surface area contributed by atoms with Crippen LogP contribution in [0.1, 0.15) is 17.0 Å². The second-order valence-corrected chi connectivity index (χ2v) is 6.38. The Kier molecular flexibility index (Phi) is 4.39. The van der Waals surface area contributed by atoms with E-state index in [2.05, 4.69) is 5.16 Å². The van der Waals surface area contributed by atoms with Crippen molar-refractivity contribution in [3.63, 3.8) is 0 Å². The Bertz CT molecular complexity index is 957. The third-order valence-electron chi connectivity index (χ3n) is 3.77. The Morgan fingerprint density at radius 1 is 1.21 bits per heavy atom. The summed E-state index contributed by atoms with van der Waals surface area (Å²) in [5.41, 5.74) is 9.01. The number of anilines is 1. The van der Waals surface area contributed by atoms with E-state index >= 15 is 0 Å². The van der Waals surface area contributed by atoms with E-state index in [1.54, 1.807) is 24.4 Å². The summed E-state index contributed by atoms with van der Waals surface area (Å²) in [5, 5.41) is 4.86. The molecule has 2 aromatic heterocycles. The Balaban J connectivity index is 2.08. The first-order valence-corrected chi connectivity index (χ1v) is 7.99. The maximum absolute atomic E-state index is 12.4. The predicted octanol–water partition coefficient (Wildman–Crippen LogP) is 4.06. The summed E-state index contributed by atoms with van der Waals surface area (Å²) in [7, 11) is 0. The van der Waals surface area contributed by atoms with Crippen LogP contribution in [0.25, 0.3) is 11.1 Å². The molecule has 3 rings (SSSR count). The molecule has 0 amide bonds. The number of pyridine rings is 1. The summed E-state index contributed by atoms with van der Waals surface area (Å²) in [4.78, 5) is 12.4. The van der Waals surface area contributed by atoms with Gasteiger partial charge in [-0.1, -0.05) is 34.4 Å². The Morgan fingerprint density at radius 3 is 2.58 bits per heavy atom. The predicted molar refractivity (Wildman–Crippen MR) is 95.6 cm³/mol. The first-order chi connectivity index (χ1) is 11.4. The second kappa shape index (κ2) is 6.34. The van der Waals surface area contributed by atoms with Crippen LogP contribution < -0.4 is 11.3 Å². The van der Waals surface area contributed by atoms with Crippen LogP contribution in [0.3, 0.4) is 0 Å². The lowest BCUT2D eigenvalue weighted by Gasteiger charge is -2.11. The lowest BCUT2D eigenvalue weighted by Crippen LogP contribution is -2.23. The summed E-state index contributed by atoms with van der Waals surface area (Å²) < 4.78 is 6.73. The van der Waals surface area contributed by atoms with Gasteiger partial charge in [0.05, 0.1) is 28.0 Å². The molecule has 24 heavy (non-hydrogen) atoms. The Labute approximate surface area is 148 Å². The van der Waals surface area contributed by atoms with Crippen molar-refractivity contribution in [2.75, 3.05) is 5.73 Å². The zero-order chi connectivity index (χ0) is 17.4. The summed E-state index contributed by atoms with van der Waals surface area (Å²) in [6.45, 7) is 3.99. The number of rotatable bonds is 3. The minimum atomic E-state index is -0.267. The third kappa shape index (κ3) is 3.05. The van der Waals surface area contributed by atoms with Crippen LogP contribution in [-0.2, 0) is 6.54 Å². The number of benzene rings is 1. The second-order valence-electron chi connectivity index (χ2n) is 5.56. The van der Waals surface area contributed by atoms with Gasteiger partial charge in [0.25, 0.3) is 5.56 Å². The number of hydrogen-bond donors (Lipinski definition) is 1. The fraction of sp³-hybridized carbons (Fsp3) is 0.176. The molecular weight excluding hydrogens is 349 g/mol. The summed E-state index contributed by atoms with van der Waals surface area (Å²) in [5.74, 6) is 0.673. The molecule has 0 spiro atoms. The molecule has 0 atom stereocenters. The standard InChI is InChI=1S/C17H15Cl2N3O2/c1-9-16(10(2)24-21-9)12-6-15(20)17(23)22(8-12)7-11-3-4-13(18)14(19)5-11/h3-6,8H,7,20H2,1-2H3. The number of nitrogens with two attached hydrogens (primary N) is 1. The Hall–Kier alpha value is -2.24. The van der Waals surface area contributed by atoms with Crippen molar-refractivity contribution in [2.24, 2.45) is 0 Å². The number of aryl methyl sites for hydroxylation is 2. The molecule has 124 valence electrons. The zero-order valence-electron chi connectivity index (χ0n) is 13.1. The van der Waals surface area contributed by atoms with E-state index in [0.29, 0.717) is 22.4 Å². The summed E-state index contributed by atoms with van der Waals surface area (Å²) in [6.07, 6.45) is 1.74. The first kappa shape index (κ1) is 16.6. The monoisotopic (exact) mass is 363 g/mol. The maximum atomic E-state index is 12.4. The molecule has 0 bridgehead atoms. The molecule has 0 unspecified atom stereocenters. The fourth-order valence-corrected chi connectivity index (χ4v) is 2.96.